The first-order chi connectivity index (χ1) is 5.58. The SMILES string of the molecule is CC(C)(CN)c1ncccc1F. The highest BCUT2D eigenvalue weighted by atomic mass is 19.1. The van der Waals surface area contributed by atoms with Crippen molar-refractivity contribution < 1.29 is 4.39 Å². The Kier molecular flexibility index (Phi) is 2.43. The molecule has 3 heteroatoms. The molecular formula is C9H13FN2. The van der Waals surface area contributed by atoms with Gasteiger partial charge in [-0.3, -0.25) is 4.98 Å². The number of hydrogen-bond donors (Lipinski definition) is 1. The Balaban J connectivity index is 3.10. The van der Waals surface area contributed by atoms with Crippen LogP contribution in [0, 0.1) is 5.82 Å². The molecule has 0 fully saturated rings. The summed E-state index contributed by atoms with van der Waals surface area (Å²) in [5.41, 5.74) is 5.55. The summed E-state index contributed by atoms with van der Waals surface area (Å²) in [5.74, 6) is -0.284. The van der Waals surface area contributed by atoms with Gasteiger partial charge in [-0.15, -0.1) is 0 Å². The summed E-state index contributed by atoms with van der Waals surface area (Å²) in [7, 11) is 0. The molecule has 2 nitrogen and oxygen atoms in total. The largest absolute Gasteiger partial charge is 0.330 e. The second-order valence-electron chi connectivity index (χ2n) is 3.42. The lowest BCUT2D eigenvalue weighted by atomic mass is 9.89. The van der Waals surface area contributed by atoms with E-state index in [4.69, 9.17) is 5.73 Å². The third-order valence-electron chi connectivity index (χ3n) is 1.91. The minimum Gasteiger partial charge on any atom is -0.330 e. The lowest BCUT2D eigenvalue weighted by Gasteiger charge is -2.21. The zero-order valence-corrected chi connectivity index (χ0v) is 7.34. The first-order valence-corrected chi connectivity index (χ1v) is 3.89. The Morgan fingerprint density at radius 2 is 2.25 bits per heavy atom. The lowest BCUT2D eigenvalue weighted by Crippen LogP contribution is -2.30. The van der Waals surface area contributed by atoms with E-state index in [1.165, 1.54) is 6.07 Å². The van der Waals surface area contributed by atoms with Gasteiger partial charge in [0.15, 0.2) is 0 Å². The Hall–Kier alpha value is -0.960. The van der Waals surface area contributed by atoms with E-state index in [2.05, 4.69) is 4.98 Å². The number of halogens is 1. The molecule has 0 saturated carbocycles. The van der Waals surface area contributed by atoms with E-state index in [9.17, 15) is 4.39 Å². The molecule has 0 aliphatic heterocycles. The van der Waals surface area contributed by atoms with Crippen molar-refractivity contribution in [1.82, 2.24) is 4.98 Å². The van der Waals surface area contributed by atoms with Gasteiger partial charge in [0.1, 0.15) is 5.82 Å². The lowest BCUT2D eigenvalue weighted by molar-refractivity contribution is 0.474. The smallest absolute Gasteiger partial charge is 0.145 e. The van der Waals surface area contributed by atoms with Crippen LogP contribution in [0.25, 0.3) is 0 Å². The molecule has 0 saturated heterocycles. The molecule has 0 spiro atoms. The van der Waals surface area contributed by atoms with Gasteiger partial charge in [0, 0.05) is 18.2 Å². The van der Waals surface area contributed by atoms with Crippen LogP contribution in [0.4, 0.5) is 4.39 Å². The van der Waals surface area contributed by atoms with Crippen LogP contribution in [0.3, 0.4) is 0 Å². The van der Waals surface area contributed by atoms with E-state index in [0.29, 0.717) is 12.2 Å². The van der Waals surface area contributed by atoms with E-state index >= 15 is 0 Å². The van der Waals surface area contributed by atoms with Crippen molar-refractivity contribution in [3.8, 4) is 0 Å². The number of nitrogens with two attached hydrogens (primary N) is 1. The Morgan fingerprint density at radius 3 is 2.75 bits per heavy atom. The molecule has 0 atom stereocenters. The van der Waals surface area contributed by atoms with Crippen molar-refractivity contribution in [3.05, 3.63) is 29.8 Å². The first kappa shape index (κ1) is 9.13. The average Bonchev–Trinajstić information content (AvgIpc) is 2.05. The minimum atomic E-state index is -0.384. The van der Waals surface area contributed by atoms with Gasteiger partial charge >= 0.3 is 0 Å². The molecule has 0 unspecified atom stereocenters. The quantitative estimate of drug-likeness (QED) is 0.726. The minimum absolute atomic E-state index is 0.284. The zero-order valence-electron chi connectivity index (χ0n) is 7.34. The third-order valence-corrected chi connectivity index (χ3v) is 1.91. The standard InChI is InChI=1S/C9H13FN2/c1-9(2,6-11)8-7(10)4-3-5-12-8/h3-5H,6,11H2,1-2H3. The molecule has 2 N–H and O–H groups in total. The average molecular weight is 168 g/mol. The highest BCUT2D eigenvalue weighted by molar-refractivity contribution is 5.17. The second kappa shape index (κ2) is 3.19. The molecule has 0 amide bonds. The van der Waals surface area contributed by atoms with E-state index in [1.807, 2.05) is 13.8 Å². The topological polar surface area (TPSA) is 38.9 Å². The van der Waals surface area contributed by atoms with Crippen LogP contribution >= 0.6 is 0 Å². The van der Waals surface area contributed by atoms with Crippen molar-refractivity contribution in [2.75, 3.05) is 6.54 Å². The third kappa shape index (κ3) is 1.61. The summed E-state index contributed by atoms with van der Waals surface area (Å²) < 4.78 is 13.2. The van der Waals surface area contributed by atoms with Crippen LogP contribution in [0.5, 0.6) is 0 Å². The van der Waals surface area contributed by atoms with Gasteiger partial charge < -0.3 is 5.73 Å². The molecule has 66 valence electrons. The summed E-state index contributed by atoms with van der Waals surface area (Å²) in [5, 5.41) is 0. The van der Waals surface area contributed by atoms with Crippen LogP contribution in [0.2, 0.25) is 0 Å². The molecule has 0 bridgehead atoms. The van der Waals surface area contributed by atoms with E-state index in [-0.39, 0.29) is 11.2 Å². The second-order valence-corrected chi connectivity index (χ2v) is 3.42. The van der Waals surface area contributed by atoms with E-state index < -0.39 is 0 Å². The van der Waals surface area contributed by atoms with Crippen LogP contribution in [-0.4, -0.2) is 11.5 Å². The number of aromatic nitrogens is 1. The van der Waals surface area contributed by atoms with Crippen LogP contribution in [-0.2, 0) is 5.41 Å². The molecule has 1 aromatic rings. The van der Waals surface area contributed by atoms with Crippen LogP contribution in [0.15, 0.2) is 18.3 Å². The van der Waals surface area contributed by atoms with E-state index in [1.54, 1.807) is 12.3 Å². The zero-order chi connectivity index (χ0) is 9.19. The maximum Gasteiger partial charge on any atom is 0.145 e. The predicted molar refractivity (Wildman–Crippen MR) is 46.3 cm³/mol. The van der Waals surface area contributed by atoms with Gasteiger partial charge in [-0.05, 0) is 12.1 Å². The number of nitrogens with zero attached hydrogens (tertiary/aromatic N) is 1. The van der Waals surface area contributed by atoms with Gasteiger partial charge in [-0.25, -0.2) is 4.39 Å². The van der Waals surface area contributed by atoms with Crippen molar-refractivity contribution in [2.24, 2.45) is 5.73 Å². The van der Waals surface area contributed by atoms with Crippen LogP contribution in [0.1, 0.15) is 19.5 Å². The number of hydrogen-bond acceptors (Lipinski definition) is 2. The molecule has 0 radical (unpaired) electrons. The number of pyridine rings is 1. The van der Waals surface area contributed by atoms with Crippen molar-refractivity contribution in [3.63, 3.8) is 0 Å². The van der Waals surface area contributed by atoms with Crippen molar-refractivity contribution in [2.45, 2.75) is 19.3 Å². The summed E-state index contributed by atoms with van der Waals surface area (Å²) in [6.45, 7) is 4.14. The Bertz CT molecular complexity index is 271. The van der Waals surface area contributed by atoms with Crippen molar-refractivity contribution >= 4 is 0 Å². The monoisotopic (exact) mass is 168 g/mol. The fourth-order valence-electron chi connectivity index (χ4n) is 0.980. The molecule has 12 heavy (non-hydrogen) atoms. The Morgan fingerprint density at radius 1 is 1.58 bits per heavy atom. The maximum atomic E-state index is 13.2. The van der Waals surface area contributed by atoms with Crippen molar-refractivity contribution in [1.29, 1.82) is 0 Å². The highest BCUT2D eigenvalue weighted by Gasteiger charge is 2.23. The molecule has 1 rings (SSSR count). The first-order valence-electron chi connectivity index (χ1n) is 3.89. The molecule has 1 heterocycles. The predicted octanol–water partition coefficient (Wildman–Crippen LogP) is 1.46. The van der Waals surface area contributed by atoms with Gasteiger partial charge in [0.05, 0.1) is 5.69 Å². The summed E-state index contributed by atoms with van der Waals surface area (Å²) >= 11 is 0. The highest BCUT2D eigenvalue weighted by Crippen LogP contribution is 2.21. The van der Waals surface area contributed by atoms with Crippen LogP contribution < -0.4 is 5.73 Å². The maximum absolute atomic E-state index is 13.2. The fraction of sp³-hybridized carbons (Fsp3) is 0.444. The molecule has 0 aliphatic carbocycles. The summed E-state index contributed by atoms with van der Waals surface area (Å²) in [4.78, 5) is 3.97. The summed E-state index contributed by atoms with van der Waals surface area (Å²) in [6, 6.07) is 2.98. The normalized spacial score (nSPS) is 11.7. The molecule has 1 aromatic heterocycles. The number of rotatable bonds is 2. The fourth-order valence-corrected chi connectivity index (χ4v) is 0.980. The molecular weight excluding hydrogens is 155 g/mol. The van der Waals surface area contributed by atoms with Gasteiger partial charge in [-0.2, -0.15) is 0 Å². The van der Waals surface area contributed by atoms with Gasteiger partial charge in [0.25, 0.3) is 0 Å². The molecule has 0 aromatic carbocycles. The summed E-state index contributed by atoms with van der Waals surface area (Å²) in [6.07, 6.45) is 1.58. The van der Waals surface area contributed by atoms with E-state index in [0.717, 1.165) is 0 Å². The van der Waals surface area contributed by atoms with Gasteiger partial charge in [-0.1, -0.05) is 13.8 Å². The molecule has 0 aliphatic rings. The van der Waals surface area contributed by atoms with Gasteiger partial charge in [0.2, 0.25) is 0 Å². The Labute approximate surface area is 71.6 Å².